The van der Waals surface area contributed by atoms with E-state index in [-0.39, 0.29) is 11.1 Å². The van der Waals surface area contributed by atoms with E-state index in [1.54, 1.807) is 5.01 Å². The van der Waals surface area contributed by atoms with E-state index in [1.807, 2.05) is 24.3 Å². The van der Waals surface area contributed by atoms with E-state index in [2.05, 4.69) is 37.5 Å². The molecule has 146 valence electrons. The van der Waals surface area contributed by atoms with Gasteiger partial charge in [-0.15, -0.1) is 0 Å². The molecule has 0 saturated heterocycles. The first-order chi connectivity index (χ1) is 14.0. The highest BCUT2D eigenvalue weighted by Gasteiger charge is 2.34. The lowest BCUT2D eigenvalue weighted by Gasteiger charge is -2.39. The van der Waals surface area contributed by atoms with Crippen molar-refractivity contribution in [3.63, 3.8) is 0 Å². The highest BCUT2D eigenvalue weighted by molar-refractivity contribution is 6.11. The van der Waals surface area contributed by atoms with Crippen LogP contribution >= 0.6 is 0 Å². The summed E-state index contributed by atoms with van der Waals surface area (Å²) < 4.78 is 29.4. The van der Waals surface area contributed by atoms with Gasteiger partial charge in [-0.25, -0.2) is 13.8 Å². The molecule has 3 nitrogen and oxygen atoms in total. The fourth-order valence-corrected chi connectivity index (χ4v) is 4.34. The van der Waals surface area contributed by atoms with E-state index < -0.39 is 11.6 Å². The van der Waals surface area contributed by atoms with Crippen LogP contribution in [0, 0.1) is 11.6 Å². The summed E-state index contributed by atoms with van der Waals surface area (Å²) in [4.78, 5) is 4.92. The maximum Gasteiger partial charge on any atom is 0.153 e. The first kappa shape index (κ1) is 17.9. The van der Waals surface area contributed by atoms with Crippen molar-refractivity contribution < 1.29 is 8.78 Å². The highest BCUT2D eigenvalue weighted by Crippen LogP contribution is 2.41. The van der Waals surface area contributed by atoms with Crippen LogP contribution in [0.1, 0.15) is 25.8 Å². The number of rotatable bonds is 2. The smallest absolute Gasteiger partial charge is 0.153 e. The number of benzene rings is 3. The minimum absolute atomic E-state index is 0.0856. The molecule has 1 aliphatic rings. The predicted octanol–water partition coefficient (Wildman–Crippen LogP) is 6.18. The van der Waals surface area contributed by atoms with Crippen LogP contribution in [0.3, 0.4) is 0 Å². The van der Waals surface area contributed by atoms with Crippen LogP contribution in [0.15, 0.2) is 60.7 Å². The van der Waals surface area contributed by atoms with Gasteiger partial charge in [-0.1, -0.05) is 62.4 Å². The predicted molar refractivity (Wildman–Crippen MR) is 114 cm³/mol. The Morgan fingerprint density at radius 2 is 1.59 bits per heavy atom. The maximum atomic E-state index is 14.7. The standard InChI is InChI=1S/C24H21F2N3/c1-3-24(2)14-29(22-19(25)12-7-13-20(22)26)28-23-17-9-5-4-8-15(17)16-10-6-11-18(24)21(16)27-23/h4-13H,3,14H2,1-2H3,(H,27,28). The van der Waals surface area contributed by atoms with Gasteiger partial charge in [0.05, 0.1) is 5.52 Å². The minimum atomic E-state index is -0.602. The zero-order valence-electron chi connectivity index (χ0n) is 16.3. The van der Waals surface area contributed by atoms with Gasteiger partial charge < -0.3 is 0 Å². The second-order valence-corrected chi connectivity index (χ2v) is 7.89. The number of nitrogens with one attached hydrogen (secondary N) is 1. The van der Waals surface area contributed by atoms with Crippen LogP contribution in [-0.4, -0.2) is 11.5 Å². The van der Waals surface area contributed by atoms with Crippen LogP contribution in [0.25, 0.3) is 21.7 Å². The monoisotopic (exact) mass is 389 g/mol. The summed E-state index contributed by atoms with van der Waals surface area (Å²) in [5.74, 6) is -0.605. The summed E-state index contributed by atoms with van der Waals surface area (Å²) in [5, 5.41) is 4.65. The number of nitrogens with zero attached hydrogens (tertiary/aromatic N) is 2. The average Bonchev–Trinajstić information content (AvgIpc) is 2.72. The Labute approximate surface area is 168 Å². The summed E-state index contributed by atoms with van der Waals surface area (Å²) in [7, 11) is 0. The number of halogens is 2. The molecule has 0 radical (unpaired) electrons. The molecule has 5 heteroatoms. The van der Waals surface area contributed by atoms with Gasteiger partial charge in [-0.2, -0.15) is 0 Å². The molecular weight excluding hydrogens is 368 g/mol. The number of para-hydroxylation sites is 2. The lowest BCUT2D eigenvalue weighted by molar-refractivity contribution is 0.450. The third-order valence-electron chi connectivity index (χ3n) is 6.12. The molecule has 2 heterocycles. The minimum Gasteiger partial charge on any atom is -0.281 e. The number of hydrazine groups is 1. The Hall–Kier alpha value is -3.21. The van der Waals surface area contributed by atoms with E-state index in [1.165, 1.54) is 18.2 Å². The highest BCUT2D eigenvalue weighted by atomic mass is 19.1. The largest absolute Gasteiger partial charge is 0.281 e. The summed E-state index contributed by atoms with van der Waals surface area (Å²) in [5.41, 5.74) is 4.83. The van der Waals surface area contributed by atoms with Crippen molar-refractivity contribution in [1.82, 2.24) is 4.98 Å². The number of fused-ring (bicyclic) bond motifs is 4. The van der Waals surface area contributed by atoms with Gasteiger partial charge in [0.1, 0.15) is 5.69 Å². The molecule has 1 aliphatic heterocycles. The lowest BCUT2D eigenvalue weighted by Crippen LogP contribution is -2.44. The van der Waals surface area contributed by atoms with Crippen molar-refractivity contribution in [3.8, 4) is 0 Å². The van der Waals surface area contributed by atoms with Gasteiger partial charge in [0, 0.05) is 22.7 Å². The lowest BCUT2D eigenvalue weighted by atomic mass is 9.78. The van der Waals surface area contributed by atoms with E-state index in [4.69, 9.17) is 4.98 Å². The Bertz CT molecular complexity index is 1230. The molecule has 2 bridgehead atoms. The molecule has 3 aromatic carbocycles. The fraction of sp³-hybridized carbons (Fsp3) is 0.208. The van der Waals surface area contributed by atoms with E-state index >= 15 is 0 Å². The summed E-state index contributed by atoms with van der Waals surface area (Å²) in [6.07, 6.45) is 0.796. The Morgan fingerprint density at radius 1 is 0.931 bits per heavy atom. The summed E-state index contributed by atoms with van der Waals surface area (Å²) >= 11 is 0. The van der Waals surface area contributed by atoms with Gasteiger partial charge >= 0.3 is 0 Å². The molecule has 0 aliphatic carbocycles. The number of hydrogen-bond acceptors (Lipinski definition) is 3. The number of aromatic nitrogens is 1. The normalized spacial score (nSPS) is 18.7. The van der Waals surface area contributed by atoms with Crippen LogP contribution in [0.2, 0.25) is 0 Å². The zero-order chi connectivity index (χ0) is 20.2. The maximum absolute atomic E-state index is 14.7. The van der Waals surface area contributed by atoms with Gasteiger partial charge in [0.25, 0.3) is 0 Å². The van der Waals surface area contributed by atoms with Gasteiger partial charge in [0.15, 0.2) is 17.5 Å². The summed E-state index contributed by atoms with van der Waals surface area (Å²) in [6, 6.07) is 18.1. The van der Waals surface area contributed by atoms with E-state index in [0.717, 1.165) is 33.7 Å². The molecule has 0 spiro atoms. The van der Waals surface area contributed by atoms with E-state index in [0.29, 0.717) is 12.4 Å². The molecule has 4 aromatic rings. The molecule has 0 fully saturated rings. The molecule has 5 rings (SSSR count). The second-order valence-electron chi connectivity index (χ2n) is 7.89. The van der Waals surface area contributed by atoms with Crippen LogP contribution < -0.4 is 10.4 Å². The first-order valence-corrected chi connectivity index (χ1v) is 9.82. The van der Waals surface area contributed by atoms with Crippen molar-refractivity contribution >= 4 is 33.2 Å². The number of pyridine rings is 1. The van der Waals surface area contributed by atoms with Crippen molar-refractivity contribution in [2.75, 3.05) is 17.0 Å². The molecule has 1 unspecified atom stereocenters. The fourth-order valence-electron chi connectivity index (χ4n) is 4.34. The van der Waals surface area contributed by atoms with Gasteiger partial charge in [-0.05, 0) is 29.5 Å². The van der Waals surface area contributed by atoms with Crippen molar-refractivity contribution in [1.29, 1.82) is 0 Å². The molecule has 1 aromatic heterocycles. The van der Waals surface area contributed by atoms with Crippen molar-refractivity contribution in [2.45, 2.75) is 25.7 Å². The van der Waals surface area contributed by atoms with Crippen LogP contribution in [-0.2, 0) is 5.41 Å². The Kier molecular flexibility index (Phi) is 3.95. The first-order valence-electron chi connectivity index (χ1n) is 9.82. The second kappa shape index (κ2) is 6.41. The Morgan fingerprint density at radius 3 is 2.31 bits per heavy atom. The van der Waals surface area contributed by atoms with Gasteiger partial charge in [0.2, 0.25) is 0 Å². The topological polar surface area (TPSA) is 28.2 Å². The quantitative estimate of drug-likeness (QED) is 0.415. The number of hydrogen-bond donors (Lipinski definition) is 1. The zero-order valence-corrected chi connectivity index (χ0v) is 16.3. The van der Waals surface area contributed by atoms with Gasteiger partial charge in [-0.3, -0.25) is 10.4 Å². The van der Waals surface area contributed by atoms with Crippen LogP contribution in [0.4, 0.5) is 20.3 Å². The average molecular weight is 389 g/mol. The molecule has 0 saturated carbocycles. The Balaban J connectivity index is 1.86. The van der Waals surface area contributed by atoms with Crippen LogP contribution in [0.5, 0.6) is 0 Å². The third kappa shape index (κ3) is 2.64. The molecular formula is C24H21F2N3. The molecule has 1 N–H and O–H groups in total. The van der Waals surface area contributed by atoms with Crippen molar-refractivity contribution in [2.24, 2.45) is 0 Å². The molecule has 0 amide bonds. The van der Waals surface area contributed by atoms with Crippen molar-refractivity contribution in [3.05, 3.63) is 77.9 Å². The SMILES string of the molecule is CCC1(C)CN(c2c(F)cccc2F)Nc2nc3c1cccc3c1ccccc21. The summed E-state index contributed by atoms with van der Waals surface area (Å²) in [6.45, 7) is 4.62. The molecule has 29 heavy (non-hydrogen) atoms. The number of anilines is 2. The van der Waals surface area contributed by atoms with E-state index in [9.17, 15) is 8.78 Å². The third-order valence-corrected chi connectivity index (χ3v) is 6.12. The molecule has 1 atom stereocenters.